The molecule has 0 aliphatic rings. The summed E-state index contributed by atoms with van der Waals surface area (Å²) in [4.78, 5) is 22.4. The summed E-state index contributed by atoms with van der Waals surface area (Å²) in [6.45, 7) is 3.31. The van der Waals surface area contributed by atoms with Crippen LogP contribution in [0.5, 0.6) is 0 Å². The molecule has 0 radical (unpaired) electrons. The third-order valence-electron chi connectivity index (χ3n) is 8.29. The van der Waals surface area contributed by atoms with Crippen LogP contribution in [0.3, 0.4) is 0 Å². The van der Waals surface area contributed by atoms with Crippen LogP contribution in [0.25, 0.3) is 0 Å². The second-order valence-electron chi connectivity index (χ2n) is 13.3. The van der Waals surface area contributed by atoms with Crippen molar-refractivity contribution in [3.63, 3.8) is 0 Å². The number of ether oxygens (including phenoxy) is 2. The standard InChI is InChI=1S/C41H75O9P/c1-3-5-7-9-11-13-15-17-18-19-20-22-24-26-28-30-32-34-47-37-40(38-49-51(45,46)48-36-39(43)35-42)50-41(44)33-31-29-27-25-23-21-16-14-12-10-8-6-4-2/h6,8,12,14,21,23,27,29,39-40,42-43H,3-5,7,9-11,13,15-20,22,24-26,28,30-38H2,1-2H3,(H,45,46)/b8-6-,14-12-,23-21-,29-27-. The number of hydrogen-bond acceptors (Lipinski definition) is 8. The lowest BCUT2D eigenvalue weighted by molar-refractivity contribution is -0.154. The van der Waals surface area contributed by atoms with E-state index in [0.29, 0.717) is 13.0 Å². The molecule has 3 atom stereocenters. The summed E-state index contributed by atoms with van der Waals surface area (Å²) in [7, 11) is -4.53. The van der Waals surface area contributed by atoms with Crippen molar-refractivity contribution in [1.82, 2.24) is 0 Å². The van der Waals surface area contributed by atoms with Gasteiger partial charge in [-0.1, -0.05) is 165 Å². The zero-order valence-corrected chi connectivity index (χ0v) is 33.2. The first-order chi connectivity index (χ1) is 24.8. The van der Waals surface area contributed by atoms with Crippen LogP contribution in [0.4, 0.5) is 0 Å². The minimum atomic E-state index is -4.53. The molecule has 0 saturated heterocycles. The molecule has 0 aliphatic heterocycles. The lowest BCUT2D eigenvalue weighted by Gasteiger charge is -2.20. The Labute approximate surface area is 311 Å². The van der Waals surface area contributed by atoms with Crippen molar-refractivity contribution in [2.75, 3.05) is 33.0 Å². The SMILES string of the molecule is CC/C=C\C/C=C\C/C=C\C/C=C\CCC(=O)OC(COCCCCCCCCCCCCCCCCCCC)COP(=O)(O)OCC(O)CO. The molecule has 0 aromatic carbocycles. The summed E-state index contributed by atoms with van der Waals surface area (Å²) in [6.07, 6.45) is 40.9. The van der Waals surface area contributed by atoms with Crippen LogP contribution in [0.2, 0.25) is 0 Å². The predicted octanol–water partition coefficient (Wildman–Crippen LogP) is 10.6. The normalized spacial score (nSPS) is 14.7. The van der Waals surface area contributed by atoms with Crippen LogP contribution in [0.15, 0.2) is 48.6 Å². The second-order valence-corrected chi connectivity index (χ2v) is 14.7. The molecular weight excluding hydrogens is 667 g/mol. The van der Waals surface area contributed by atoms with Crippen molar-refractivity contribution in [1.29, 1.82) is 0 Å². The Morgan fingerprint density at radius 3 is 1.57 bits per heavy atom. The number of phosphoric ester groups is 1. The van der Waals surface area contributed by atoms with Gasteiger partial charge in [0.2, 0.25) is 0 Å². The minimum Gasteiger partial charge on any atom is -0.457 e. The van der Waals surface area contributed by atoms with E-state index in [4.69, 9.17) is 23.6 Å². The summed E-state index contributed by atoms with van der Waals surface area (Å²) in [6, 6.07) is 0. The van der Waals surface area contributed by atoms with Crippen LogP contribution >= 0.6 is 7.82 Å². The molecule has 0 rings (SSSR count). The van der Waals surface area contributed by atoms with Crippen LogP contribution < -0.4 is 0 Å². The number of carbonyl (C=O) groups excluding carboxylic acids is 1. The summed E-state index contributed by atoms with van der Waals surface area (Å²) in [5.41, 5.74) is 0. The first-order valence-electron chi connectivity index (χ1n) is 20.1. The Bertz CT molecular complexity index is 934. The van der Waals surface area contributed by atoms with E-state index >= 15 is 0 Å². The fourth-order valence-electron chi connectivity index (χ4n) is 5.25. The van der Waals surface area contributed by atoms with Gasteiger partial charge in [0.15, 0.2) is 0 Å². The number of aliphatic hydroxyl groups is 2. The van der Waals surface area contributed by atoms with Gasteiger partial charge in [0.25, 0.3) is 0 Å². The smallest absolute Gasteiger partial charge is 0.457 e. The van der Waals surface area contributed by atoms with E-state index in [0.717, 1.165) is 44.9 Å². The molecule has 0 fully saturated rings. The molecule has 3 N–H and O–H groups in total. The Morgan fingerprint density at radius 2 is 1.08 bits per heavy atom. The highest BCUT2D eigenvalue weighted by Crippen LogP contribution is 2.43. The highest BCUT2D eigenvalue weighted by Gasteiger charge is 2.26. The maximum Gasteiger partial charge on any atom is 0.472 e. The maximum absolute atomic E-state index is 12.5. The molecule has 298 valence electrons. The van der Waals surface area contributed by atoms with Crippen molar-refractivity contribution in [2.45, 2.75) is 174 Å². The van der Waals surface area contributed by atoms with Gasteiger partial charge in [-0.3, -0.25) is 13.8 Å². The van der Waals surface area contributed by atoms with Gasteiger partial charge in [0.05, 0.1) is 26.4 Å². The van der Waals surface area contributed by atoms with Gasteiger partial charge in [0, 0.05) is 13.0 Å². The van der Waals surface area contributed by atoms with Crippen molar-refractivity contribution in [3.8, 4) is 0 Å². The summed E-state index contributed by atoms with van der Waals surface area (Å²) in [5, 5.41) is 18.3. The van der Waals surface area contributed by atoms with Crippen molar-refractivity contribution < 1.29 is 43.0 Å². The first-order valence-corrected chi connectivity index (χ1v) is 21.6. The highest BCUT2D eigenvalue weighted by atomic mass is 31.2. The Morgan fingerprint density at radius 1 is 0.627 bits per heavy atom. The minimum absolute atomic E-state index is 0.0217. The summed E-state index contributed by atoms with van der Waals surface area (Å²) in [5.74, 6) is -0.461. The third kappa shape index (κ3) is 38.0. The summed E-state index contributed by atoms with van der Waals surface area (Å²) < 4.78 is 33.2. The quantitative estimate of drug-likeness (QED) is 0.0245. The van der Waals surface area contributed by atoms with Crippen LogP contribution in [0, 0.1) is 0 Å². The molecule has 0 aromatic heterocycles. The zero-order valence-electron chi connectivity index (χ0n) is 32.3. The van der Waals surface area contributed by atoms with Crippen LogP contribution in [-0.2, 0) is 27.9 Å². The molecule has 0 heterocycles. The van der Waals surface area contributed by atoms with Crippen molar-refractivity contribution in [3.05, 3.63) is 48.6 Å². The van der Waals surface area contributed by atoms with E-state index in [2.05, 4.69) is 50.3 Å². The Balaban J connectivity index is 4.26. The number of carbonyl (C=O) groups is 1. The van der Waals surface area contributed by atoms with Gasteiger partial charge < -0.3 is 24.6 Å². The lowest BCUT2D eigenvalue weighted by atomic mass is 10.0. The number of allylic oxidation sites excluding steroid dienone is 8. The molecule has 3 unspecified atom stereocenters. The average Bonchev–Trinajstić information content (AvgIpc) is 3.12. The van der Waals surface area contributed by atoms with Crippen molar-refractivity contribution in [2.24, 2.45) is 0 Å². The van der Waals surface area contributed by atoms with Gasteiger partial charge in [-0.15, -0.1) is 0 Å². The molecule has 0 aliphatic carbocycles. The van der Waals surface area contributed by atoms with Gasteiger partial charge in [-0.05, 0) is 38.5 Å². The second kappa shape index (κ2) is 38.2. The molecule has 0 amide bonds. The van der Waals surface area contributed by atoms with E-state index in [1.807, 2.05) is 12.2 Å². The summed E-state index contributed by atoms with van der Waals surface area (Å²) >= 11 is 0. The Kier molecular flexibility index (Phi) is 37.0. The van der Waals surface area contributed by atoms with Gasteiger partial charge in [-0.2, -0.15) is 0 Å². The largest absolute Gasteiger partial charge is 0.472 e. The fourth-order valence-corrected chi connectivity index (χ4v) is 6.04. The Hall–Kier alpha value is -1.58. The topological polar surface area (TPSA) is 132 Å². The van der Waals surface area contributed by atoms with Crippen LogP contribution in [-0.4, -0.2) is 66.3 Å². The first kappa shape index (κ1) is 49.4. The molecule has 9 nitrogen and oxygen atoms in total. The molecule has 0 bridgehead atoms. The number of phosphoric acid groups is 1. The van der Waals surface area contributed by atoms with E-state index in [9.17, 15) is 19.4 Å². The van der Waals surface area contributed by atoms with E-state index in [1.54, 1.807) is 0 Å². The fraction of sp³-hybridized carbons (Fsp3) is 0.780. The number of unbranched alkanes of at least 4 members (excludes halogenated alkanes) is 16. The highest BCUT2D eigenvalue weighted by molar-refractivity contribution is 7.47. The molecule has 51 heavy (non-hydrogen) atoms. The molecule has 0 aromatic rings. The molecular formula is C41H75O9P. The third-order valence-corrected chi connectivity index (χ3v) is 9.24. The number of rotatable bonds is 38. The predicted molar refractivity (Wildman–Crippen MR) is 210 cm³/mol. The molecule has 10 heteroatoms. The van der Waals surface area contributed by atoms with E-state index in [1.165, 1.54) is 89.9 Å². The van der Waals surface area contributed by atoms with Gasteiger partial charge in [-0.25, -0.2) is 4.57 Å². The average molecular weight is 743 g/mol. The maximum atomic E-state index is 12.5. The van der Waals surface area contributed by atoms with Gasteiger partial charge >= 0.3 is 13.8 Å². The van der Waals surface area contributed by atoms with Crippen molar-refractivity contribution >= 4 is 13.8 Å². The van der Waals surface area contributed by atoms with Crippen LogP contribution in [0.1, 0.15) is 162 Å². The van der Waals surface area contributed by atoms with E-state index < -0.39 is 45.8 Å². The monoisotopic (exact) mass is 743 g/mol. The number of esters is 1. The van der Waals surface area contributed by atoms with Gasteiger partial charge in [0.1, 0.15) is 12.2 Å². The molecule has 0 saturated carbocycles. The molecule has 0 spiro atoms. The number of hydrogen-bond donors (Lipinski definition) is 3. The zero-order chi connectivity index (χ0) is 37.5. The number of aliphatic hydroxyl groups excluding tert-OH is 2. The lowest BCUT2D eigenvalue weighted by Crippen LogP contribution is -2.29. The van der Waals surface area contributed by atoms with E-state index in [-0.39, 0.29) is 13.0 Å².